The molecule has 5 nitrogen and oxygen atoms in total. The molecule has 0 unspecified atom stereocenters. The Labute approximate surface area is 126 Å². The maximum atomic E-state index is 12.6. The number of benzene rings is 1. The highest BCUT2D eigenvalue weighted by Crippen LogP contribution is 2.26. The zero-order valence-electron chi connectivity index (χ0n) is 12.7. The molecule has 1 N–H and O–H groups in total. The summed E-state index contributed by atoms with van der Waals surface area (Å²) >= 11 is 0. The van der Waals surface area contributed by atoms with Crippen LogP contribution in [0.1, 0.15) is 32.3 Å². The molecule has 2 rings (SSSR count). The summed E-state index contributed by atoms with van der Waals surface area (Å²) in [4.78, 5) is 0.255. The predicted octanol–water partition coefficient (Wildman–Crippen LogP) is 1.93. The quantitative estimate of drug-likeness (QED) is 0.922. The number of hydrogen-bond acceptors (Lipinski definition) is 4. The highest BCUT2D eigenvalue weighted by atomic mass is 32.2. The van der Waals surface area contributed by atoms with E-state index in [2.05, 4.69) is 0 Å². The molecule has 0 radical (unpaired) electrons. The number of aryl methyl sites for hydroxylation is 1. The second kappa shape index (κ2) is 6.34. The van der Waals surface area contributed by atoms with Crippen molar-refractivity contribution in [2.24, 2.45) is 0 Å². The Morgan fingerprint density at radius 2 is 2.10 bits per heavy atom. The molecule has 1 aromatic carbocycles. The van der Waals surface area contributed by atoms with Gasteiger partial charge in [-0.3, -0.25) is 0 Å². The van der Waals surface area contributed by atoms with Crippen LogP contribution >= 0.6 is 0 Å². The van der Waals surface area contributed by atoms with Crippen LogP contribution in [-0.4, -0.2) is 43.1 Å². The van der Waals surface area contributed by atoms with Gasteiger partial charge in [-0.2, -0.15) is 4.31 Å². The van der Waals surface area contributed by atoms with E-state index in [-0.39, 0.29) is 17.5 Å². The number of rotatable bonds is 4. The maximum absolute atomic E-state index is 12.6. The summed E-state index contributed by atoms with van der Waals surface area (Å²) in [5.74, 6) is 0.697. The molecule has 0 amide bonds. The minimum Gasteiger partial charge on any atom is -0.491 e. The van der Waals surface area contributed by atoms with E-state index in [1.807, 2.05) is 20.8 Å². The number of piperidine rings is 1. The van der Waals surface area contributed by atoms with Crippen LogP contribution in [0.3, 0.4) is 0 Å². The Kier molecular flexibility index (Phi) is 4.91. The number of nitrogens with zero attached hydrogens (tertiary/aromatic N) is 1. The molecule has 21 heavy (non-hydrogen) atoms. The first-order valence-corrected chi connectivity index (χ1v) is 8.70. The van der Waals surface area contributed by atoms with E-state index < -0.39 is 16.1 Å². The molecular formula is C15H23NO4S. The van der Waals surface area contributed by atoms with Gasteiger partial charge in [-0.25, -0.2) is 8.42 Å². The molecular weight excluding hydrogens is 290 g/mol. The van der Waals surface area contributed by atoms with Gasteiger partial charge in [0.2, 0.25) is 10.0 Å². The highest BCUT2D eigenvalue weighted by molar-refractivity contribution is 7.89. The Morgan fingerprint density at radius 1 is 1.38 bits per heavy atom. The zero-order chi connectivity index (χ0) is 15.6. The Morgan fingerprint density at radius 3 is 2.67 bits per heavy atom. The lowest BCUT2D eigenvalue weighted by Crippen LogP contribution is -2.42. The van der Waals surface area contributed by atoms with Gasteiger partial charge in [0.15, 0.2) is 0 Å². The van der Waals surface area contributed by atoms with Gasteiger partial charge in [-0.1, -0.05) is 0 Å². The van der Waals surface area contributed by atoms with Crippen LogP contribution in [0.25, 0.3) is 0 Å². The maximum Gasteiger partial charge on any atom is 0.243 e. The van der Waals surface area contributed by atoms with Crippen LogP contribution in [0.5, 0.6) is 5.75 Å². The third-order valence-electron chi connectivity index (χ3n) is 3.51. The molecule has 1 saturated heterocycles. The van der Waals surface area contributed by atoms with Crippen molar-refractivity contribution in [1.82, 2.24) is 4.31 Å². The summed E-state index contributed by atoms with van der Waals surface area (Å²) in [5, 5.41) is 9.66. The minimum atomic E-state index is -3.54. The van der Waals surface area contributed by atoms with Crippen LogP contribution in [0, 0.1) is 6.92 Å². The number of aliphatic hydroxyl groups is 1. The summed E-state index contributed by atoms with van der Waals surface area (Å²) < 4.78 is 32.2. The van der Waals surface area contributed by atoms with Crippen molar-refractivity contribution in [1.29, 1.82) is 0 Å². The Balaban J connectivity index is 2.26. The molecule has 1 aliphatic heterocycles. The lowest BCUT2D eigenvalue weighted by Gasteiger charge is -2.29. The van der Waals surface area contributed by atoms with E-state index in [0.717, 1.165) is 5.56 Å². The standard InChI is InChI=1S/C15H23NO4S/c1-11(2)20-15-7-6-14(9-12(15)3)21(18,19)16-8-4-5-13(17)10-16/h6-7,9,11,13,17H,4-5,8,10H2,1-3H3/t13-/m0/s1. The second-order valence-electron chi connectivity index (χ2n) is 5.75. The van der Waals surface area contributed by atoms with Crippen LogP contribution in [0.4, 0.5) is 0 Å². The van der Waals surface area contributed by atoms with Crippen LogP contribution in [0.2, 0.25) is 0 Å². The predicted molar refractivity (Wildman–Crippen MR) is 80.9 cm³/mol. The number of β-amino-alcohol motifs (C(OH)–C–C–N with tert-alkyl or cyclic N) is 1. The molecule has 6 heteroatoms. The molecule has 0 aromatic heterocycles. The largest absolute Gasteiger partial charge is 0.491 e. The van der Waals surface area contributed by atoms with Crippen molar-refractivity contribution in [2.45, 2.75) is 50.7 Å². The topological polar surface area (TPSA) is 66.8 Å². The number of sulfonamides is 1. The average molecular weight is 313 g/mol. The van der Waals surface area contributed by atoms with E-state index >= 15 is 0 Å². The summed E-state index contributed by atoms with van der Waals surface area (Å²) in [5.41, 5.74) is 0.794. The minimum absolute atomic E-state index is 0.0448. The molecule has 1 heterocycles. The highest BCUT2D eigenvalue weighted by Gasteiger charge is 2.29. The fourth-order valence-electron chi connectivity index (χ4n) is 2.46. The molecule has 0 bridgehead atoms. The van der Waals surface area contributed by atoms with Crippen LogP contribution in [-0.2, 0) is 10.0 Å². The third-order valence-corrected chi connectivity index (χ3v) is 5.37. The average Bonchev–Trinajstić information content (AvgIpc) is 2.40. The number of ether oxygens (including phenoxy) is 1. The second-order valence-corrected chi connectivity index (χ2v) is 7.69. The van der Waals surface area contributed by atoms with Gasteiger partial charge in [-0.05, 0) is 57.4 Å². The Bertz CT molecular complexity index is 598. The van der Waals surface area contributed by atoms with Crippen molar-refractivity contribution in [3.05, 3.63) is 23.8 Å². The summed E-state index contributed by atoms with van der Waals surface area (Å²) in [6, 6.07) is 4.90. The normalized spacial score (nSPS) is 20.7. The van der Waals surface area contributed by atoms with Gasteiger partial charge >= 0.3 is 0 Å². The Hall–Kier alpha value is -1.11. The lowest BCUT2D eigenvalue weighted by molar-refractivity contribution is 0.108. The number of aliphatic hydroxyl groups excluding tert-OH is 1. The van der Waals surface area contributed by atoms with Crippen LogP contribution < -0.4 is 4.74 Å². The van der Waals surface area contributed by atoms with Gasteiger partial charge in [-0.15, -0.1) is 0 Å². The lowest BCUT2D eigenvalue weighted by atomic mass is 10.1. The van der Waals surface area contributed by atoms with Gasteiger partial charge < -0.3 is 9.84 Å². The smallest absolute Gasteiger partial charge is 0.243 e. The van der Waals surface area contributed by atoms with Gasteiger partial charge in [0.05, 0.1) is 17.1 Å². The van der Waals surface area contributed by atoms with E-state index in [0.29, 0.717) is 25.1 Å². The number of hydrogen-bond donors (Lipinski definition) is 1. The van der Waals surface area contributed by atoms with E-state index in [1.165, 1.54) is 4.31 Å². The molecule has 1 atom stereocenters. The van der Waals surface area contributed by atoms with Crippen molar-refractivity contribution < 1.29 is 18.3 Å². The van der Waals surface area contributed by atoms with Crippen molar-refractivity contribution in [3.63, 3.8) is 0 Å². The molecule has 118 valence electrons. The molecule has 1 aromatic rings. The summed E-state index contributed by atoms with van der Waals surface area (Å²) in [7, 11) is -3.54. The molecule has 0 aliphatic carbocycles. The first-order chi connectivity index (χ1) is 9.80. The fourth-order valence-corrected chi connectivity index (χ4v) is 4.06. The fraction of sp³-hybridized carbons (Fsp3) is 0.600. The van der Waals surface area contributed by atoms with E-state index in [9.17, 15) is 13.5 Å². The third kappa shape index (κ3) is 3.75. The molecule has 1 fully saturated rings. The molecule has 0 saturated carbocycles. The van der Waals surface area contributed by atoms with Crippen molar-refractivity contribution in [3.8, 4) is 5.75 Å². The van der Waals surface area contributed by atoms with Crippen molar-refractivity contribution in [2.75, 3.05) is 13.1 Å². The molecule has 1 aliphatic rings. The summed E-state index contributed by atoms with van der Waals surface area (Å²) in [6.45, 7) is 6.33. The van der Waals surface area contributed by atoms with Gasteiger partial charge in [0, 0.05) is 13.1 Å². The molecule has 0 spiro atoms. The van der Waals surface area contributed by atoms with Gasteiger partial charge in [0.25, 0.3) is 0 Å². The monoisotopic (exact) mass is 313 g/mol. The van der Waals surface area contributed by atoms with E-state index in [1.54, 1.807) is 18.2 Å². The summed E-state index contributed by atoms with van der Waals surface area (Å²) in [6.07, 6.45) is 0.821. The first-order valence-electron chi connectivity index (χ1n) is 7.26. The van der Waals surface area contributed by atoms with Gasteiger partial charge in [0.1, 0.15) is 5.75 Å². The van der Waals surface area contributed by atoms with Crippen LogP contribution in [0.15, 0.2) is 23.1 Å². The zero-order valence-corrected chi connectivity index (χ0v) is 13.6. The van der Waals surface area contributed by atoms with Crippen molar-refractivity contribution >= 4 is 10.0 Å². The SMILES string of the molecule is Cc1cc(S(=O)(=O)N2CCC[C@H](O)C2)ccc1OC(C)C. The van der Waals surface area contributed by atoms with E-state index in [4.69, 9.17) is 4.74 Å². The first kappa shape index (κ1) is 16.3.